The van der Waals surface area contributed by atoms with Crippen molar-refractivity contribution in [1.29, 1.82) is 5.26 Å². The van der Waals surface area contributed by atoms with Crippen molar-refractivity contribution in [2.24, 2.45) is 0 Å². The van der Waals surface area contributed by atoms with E-state index in [-0.39, 0.29) is 34.7 Å². The number of fused-ring (bicyclic) bond motifs is 2. The number of nitriles is 1. The Kier molecular flexibility index (Phi) is 4.92. The number of halogens is 1. The van der Waals surface area contributed by atoms with Gasteiger partial charge >= 0.3 is 0 Å². The van der Waals surface area contributed by atoms with Crippen molar-refractivity contribution in [3.8, 4) is 33.8 Å². The Hall–Kier alpha value is -3.23. The third-order valence-electron chi connectivity index (χ3n) is 6.67. The Balaban J connectivity index is 1.26. The molecule has 1 aromatic carbocycles. The Labute approximate surface area is 193 Å². The maximum absolute atomic E-state index is 15.2. The number of benzene rings is 1. The van der Waals surface area contributed by atoms with Crippen molar-refractivity contribution >= 4 is 17.2 Å². The standard InChI is InChI=1S/C22H21FN8OS/c23-20-15-6-2-12(26-15)8-16(20)31(13-3-4-13)18-10-25-21(29-27-18)14-5-1-11(7-17(14)32)22-30-28-19(9-24)33-22/h1,5,7,10,12-13,15-16,20,26,32H,2-4,6,8H2/t12-,15+,16+,20-/m0/s1. The first-order valence-electron chi connectivity index (χ1n) is 11.1. The lowest BCUT2D eigenvalue weighted by Gasteiger charge is -2.40. The summed E-state index contributed by atoms with van der Waals surface area (Å²) in [4.78, 5) is 6.54. The number of phenolic OH excluding ortho intramolecular Hbond substituents is 1. The van der Waals surface area contributed by atoms with Crippen molar-refractivity contribution in [3.63, 3.8) is 0 Å². The normalized spacial score (nSPS) is 26.2. The zero-order valence-electron chi connectivity index (χ0n) is 17.6. The van der Waals surface area contributed by atoms with E-state index >= 15 is 4.39 Å². The van der Waals surface area contributed by atoms with E-state index in [4.69, 9.17) is 5.26 Å². The first kappa shape index (κ1) is 20.4. The minimum atomic E-state index is -0.940. The molecule has 0 radical (unpaired) electrons. The molecule has 3 aliphatic rings. The summed E-state index contributed by atoms with van der Waals surface area (Å²) < 4.78 is 15.2. The SMILES string of the molecule is N#Cc1nnc(-c2ccc(-c3ncc(N(C4CC4)[C@@H]4C[C@@H]5CC[C@@H](N5)[C@@H]4F)nn3)c(O)c2)s1. The number of phenols is 1. The lowest BCUT2D eigenvalue weighted by molar-refractivity contribution is 0.171. The van der Waals surface area contributed by atoms with E-state index in [9.17, 15) is 5.11 Å². The van der Waals surface area contributed by atoms with Gasteiger partial charge in [0.1, 0.15) is 23.0 Å². The van der Waals surface area contributed by atoms with E-state index in [2.05, 4.69) is 35.6 Å². The van der Waals surface area contributed by atoms with E-state index in [1.165, 1.54) is 0 Å². The summed E-state index contributed by atoms with van der Waals surface area (Å²) >= 11 is 1.15. The molecule has 33 heavy (non-hydrogen) atoms. The summed E-state index contributed by atoms with van der Waals surface area (Å²) in [6.07, 6.45) is 5.41. The highest BCUT2D eigenvalue weighted by Gasteiger charge is 2.48. The van der Waals surface area contributed by atoms with Crippen LogP contribution >= 0.6 is 11.3 Å². The number of aromatic nitrogens is 5. The van der Waals surface area contributed by atoms with Crippen LogP contribution in [0, 0.1) is 11.3 Å². The molecule has 11 heteroatoms. The summed E-state index contributed by atoms with van der Waals surface area (Å²) in [5.74, 6) is 0.855. The second-order valence-corrected chi connectivity index (χ2v) is 9.81. The number of piperidine rings is 1. The smallest absolute Gasteiger partial charge is 0.218 e. The highest BCUT2D eigenvalue weighted by Crippen LogP contribution is 2.40. The summed E-state index contributed by atoms with van der Waals surface area (Å²) in [6.45, 7) is 0. The van der Waals surface area contributed by atoms with Gasteiger partial charge in [-0.25, -0.2) is 9.37 Å². The summed E-state index contributed by atoms with van der Waals surface area (Å²) in [6, 6.07) is 7.31. The third-order valence-corrected chi connectivity index (χ3v) is 7.55. The lowest BCUT2D eigenvalue weighted by Crippen LogP contribution is -2.57. The number of nitrogens with one attached hydrogen (secondary N) is 1. The van der Waals surface area contributed by atoms with Gasteiger partial charge in [-0.15, -0.1) is 20.4 Å². The molecule has 2 N–H and O–H groups in total. The van der Waals surface area contributed by atoms with Crippen LogP contribution in [0.5, 0.6) is 5.75 Å². The molecule has 2 saturated heterocycles. The summed E-state index contributed by atoms with van der Waals surface area (Å²) in [5, 5.41) is 40.1. The van der Waals surface area contributed by atoms with Crippen molar-refractivity contribution < 1.29 is 9.50 Å². The predicted molar refractivity (Wildman–Crippen MR) is 119 cm³/mol. The minimum absolute atomic E-state index is 0.0199. The molecule has 2 aromatic heterocycles. The molecule has 2 aliphatic heterocycles. The fourth-order valence-electron chi connectivity index (χ4n) is 4.97. The van der Waals surface area contributed by atoms with E-state index in [0.29, 0.717) is 28.0 Å². The molecular weight excluding hydrogens is 443 g/mol. The van der Waals surface area contributed by atoms with Crippen LogP contribution in [0.4, 0.5) is 10.2 Å². The molecule has 1 aliphatic carbocycles. The average molecular weight is 465 g/mol. The lowest BCUT2D eigenvalue weighted by atomic mass is 9.96. The van der Waals surface area contributed by atoms with Crippen LogP contribution in [0.2, 0.25) is 0 Å². The van der Waals surface area contributed by atoms with Crippen LogP contribution in [0.15, 0.2) is 24.4 Å². The van der Waals surface area contributed by atoms with Gasteiger partial charge in [-0.1, -0.05) is 17.4 Å². The quantitative estimate of drug-likeness (QED) is 0.586. The predicted octanol–water partition coefficient (Wildman–Crippen LogP) is 2.83. The number of alkyl halides is 1. The molecule has 1 saturated carbocycles. The zero-order valence-corrected chi connectivity index (χ0v) is 18.4. The Morgan fingerprint density at radius 1 is 1.15 bits per heavy atom. The van der Waals surface area contributed by atoms with Gasteiger partial charge in [0, 0.05) is 23.7 Å². The highest BCUT2D eigenvalue weighted by atomic mass is 32.1. The Morgan fingerprint density at radius 3 is 2.73 bits per heavy atom. The van der Waals surface area contributed by atoms with Gasteiger partial charge in [0.25, 0.3) is 0 Å². The van der Waals surface area contributed by atoms with Crippen molar-refractivity contribution in [2.75, 3.05) is 4.90 Å². The maximum Gasteiger partial charge on any atom is 0.218 e. The first-order valence-corrected chi connectivity index (χ1v) is 11.9. The molecule has 0 spiro atoms. The fraction of sp³-hybridized carbons (Fsp3) is 0.455. The van der Waals surface area contributed by atoms with Crippen LogP contribution in [0.25, 0.3) is 22.0 Å². The van der Waals surface area contributed by atoms with Gasteiger partial charge in [-0.05, 0) is 44.2 Å². The third kappa shape index (κ3) is 3.69. The largest absolute Gasteiger partial charge is 0.507 e. The van der Waals surface area contributed by atoms with Crippen molar-refractivity contribution in [3.05, 3.63) is 29.4 Å². The molecule has 2 bridgehead atoms. The van der Waals surface area contributed by atoms with Gasteiger partial charge in [-0.3, -0.25) is 0 Å². The molecule has 9 nitrogen and oxygen atoms in total. The second kappa shape index (κ2) is 7.97. The van der Waals surface area contributed by atoms with Gasteiger partial charge < -0.3 is 15.3 Å². The molecule has 6 rings (SSSR count). The van der Waals surface area contributed by atoms with Crippen LogP contribution in [0.3, 0.4) is 0 Å². The fourth-order valence-corrected chi connectivity index (χ4v) is 5.61. The van der Waals surface area contributed by atoms with Crippen molar-refractivity contribution in [1.82, 2.24) is 30.7 Å². The van der Waals surface area contributed by atoms with Gasteiger partial charge in [0.2, 0.25) is 5.01 Å². The molecule has 168 valence electrons. The Morgan fingerprint density at radius 2 is 2.03 bits per heavy atom. The van der Waals surface area contributed by atoms with Crippen LogP contribution in [-0.2, 0) is 0 Å². The number of nitrogens with zero attached hydrogens (tertiary/aromatic N) is 7. The van der Waals surface area contributed by atoms with Crippen LogP contribution in [0.1, 0.15) is 37.1 Å². The van der Waals surface area contributed by atoms with Crippen LogP contribution in [-0.4, -0.2) is 60.8 Å². The monoisotopic (exact) mass is 464 g/mol. The average Bonchev–Trinajstić information content (AvgIpc) is 3.39. The summed E-state index contributed by atoms with van der Waals surface area (Å²) in [5.41, 5.74) is 1.08. The molecule has 4 heterocycles. The van der Waals surface area contributed by atoms with Gasteiger partial charge in [-0.2, -0.15) is 5.26 Å². The van der Waals surface area contributed by atoms with Gasteiger partial charge in [0.15, 0.2) is 11.6 Å². The molecule has 3 fully saturated rings. The van der Waals surface area contributed by atoms with Crippen molar-refractivity contribution in [2.45, 2.75) is 62.4 Å². The van der Waals surface area contributed by atoms with E-state index in [0.717, 1.165) is 43.4 Å². The number of hydrogen-bond acceptors (Lipinski definition) is 10. The molecule has 4 atom stereocenters. The molecule has 3 aromatic rings. The first-order chi connectivity index (χ1) is 16.1. The number of anilines is 1. The molecule has 0 amide bonds. The van der Waals surface area contributed by atoms with E-state index in [1.807, 2.05) is 6.07 Å². The maximum atomic E-state index is 15.2. The highest BCUT2D eigenvalue weighted by molar-refractivity contribution is 7.15. The second-order valence-electron chi connectivity index (χ2n) is 8.83. The zero-order chi connectivity index (χ0) is 22.5. The topological polar surface area (TPSA) is 124 Å². The Bertz CT molecular complexity index is 1220. The van der Waals surface area contributed by atoms with E-state index < -0.39 is 6.17 Å². The summed E-state index contributed by atoms with van der Waals surface area (Å²) in [7, 11) is 0. The van der Waals surface area contributed by atoms with Crippen LogP contribution < -0.4 is 10.2 Å². The minimum Gasteiger partial charge on any atom is -0.507 e. The van der Waals surface area contributed by atoms with E-state index in [1.54, 1.807) is 24.4 Å². The molecular formula is C22H21FN8OS. The number of hydrogen-bond donors (Lipinski definition) is 2. The van der Waals surface area contributed by atoms with Gasteiger partial charge in [0.05, 0.1) is 17.8 Å². The number of rotatable bonds is 5. The molecule has 0 unspecified atom stereocenters. The number of aromatic hydroxyl groups is 1.